The van der Waals surface area contributed by atoms with Gasteiger partial charge in [0.2, 0.25) is 5.88 Å². The molecule has 1 unspecified atom stereocenters. The van der Waals surface area contributed by atoms with Crippen molar-refractivity contribution in [3.63, 3.8) is 0 Å². The van der Waals surface area contributed by atoms with Crippen LogP contribution in [0.4, 0.5) is 13.2 Å². The minimum absolute atomic E-state index is 0.0369. The van der Waals surface area contributed by atoms with Crippen LogP contribution < -0.4 is 10.1 Å². The zero-order valence-corrected chi connectivity index (χ0v) is 12.6. The molecule has 21 heavy (non-hydrogen) atoms. The molecule has 0 spiro atoms. The predicted octanol–water partition coefficient (Wildman–Crippen LogP) is 2.54. The number of rotatable bonds is 5. The maximum Gasteiger partial charge on any atom is 0.421 e. The molecule has 0 saturated heterocycles. The van der Waals surface area contributed by atoms with Gasteiger partial charge in [-0.25, -0.2) is 4.98 Å². The van der Waals surface area contributed by atoms with Crippen molar-refractivity contribution >= 4 is 0 Å². The number of alkyl halides is 3. The summed E-state index contributed by atoms with van der Waals surface area (Å²) in [7, 11) is 0. The molecular formula is C14H21F3N2O2. The van der Waals surface area contributed by atoms with Crippen molar-refractivity contribution in [2.45, 2.75) is 45.5 Å². The highest BCUT2D eigenvalue weighted by molar-refractivity contribution is 5.36. The largest absolute Gasteiger partial charge is 0.474 e. The van der Waals surface area contributed by atoms with E-state index in [1.165, 1.54) is 19.2 Å². The van der Waals surface area contributed by atoms with Gasteiger partial charge in [-0.15, -0.1) is 0 Å². The molecular weight excluding hydrogens is 285 g/mol. The minimum atomic E-state index is -4.54. The first kappa shape index (κ1) is 17.7. The zero-order chi connectivity index (χ0) is 16.3. The molecule has 0 bridgehead atoms. The molecule has 0 radical (unpaired) electrons. The lowest BCUT2D eigenvalue weighted by molar-refractivity contribution is -0.140. The summed E-state index contributed by atoms with van der Waals surface area (Å²) in [5, 5.41) is 12.8. The second kappa shape index (κ2) is 6.62. The number of hydrogen-bond acceptors (Lipinski definition) is 4. The van der Waals surface area contributed by atoms with E-state index >= 15 is 0 Å². The van der Waals surface area contributed by atoms with Crippen LogP contribution in [0.1, 0.15) is 31.9 Å². The van der Waals surface area contributed by atoms with E-state index in [2.05, 4.69) is 10.3 Å². The summed E-state index contributed by atoms with van der Waals surface area (Å²) in [5.41, 5.74) is -1.06. The molecule has 2 N–H and O–H groups in total. The van der Waals surface area contributed by atoms with Crippen LogP contribution in [0.25, 0.3) is 0 Å². The second-order valence-corrected chi connectivity index (χ2v) is 5.90. The summed E-state index contributed by atoms with van der Waals surface area (Å²) in [6.45, 7) is 7.06. The summed E-state index contributed by atoms with van der Waals surface area (Å²) in [6, 6.07) is 1.27. The molecule has 1 rings (SSSR count). The van der Waals surface area contributed by atoms with Crippen molar-refractivity contribution in [2.24, 2.45) is 0 Å². The van der Waals surface area contributed by atoms with E-state index in [4.69, 9.17) is 4.74 Å². The number of nitrogens with zero attached hydrogens (tertiary/aromatic N) is 1. The SMILES string of the molecule is Cc1ccnc(OCC(O)CNC(C)(C)C)c1C(F)(F)F. The van der Waals surface area contributed by atoms with E-state index in [1.54, 1.807) is 0 Å². The van der Waals surface area contributed by atoms with Gasteiger partial charge in [0.25, 0.3) is 0 Å². The highest BCUT2D eigenvalue weighted by atomic mass is 19.4. The molecule has 1 aromatic rings. The van der Waals surface area contributed by atoms with Crippen molar-refractivity contribution in [3.8, 4) is 5.88 Å². The Kier molecular flexibility index (Phi) is 5.58. The molecule has 0 aromatic carbocycles. The number of aromatic nitrogens is 1. The lowest BCUT2D eigenvalue weighted by Crippen LogP contribution is -2.42. The van der Waals surface area contributed by atoms with E-state index in [0.717, 1.165) is 0 Å². The Balaban J connectivity index is 2.70. The smallest absolute Gasteiger partial charge is 0.421 e. The van der Waals surface area contributed by atoms with Crippen LogP contribution in [0.3, 0.4) is 0 Å². The number of aliphatic hydroxyl groups is 1. The van der Waals surface area contributed by atoms with Crippen LogP contribution in [0, 0.1) is 6.92 Å². The monoisotopic (exact) mass is 306 g/mol. The average Bonchev–Trinajstić information content (AvgIpc) is 2.31. The molecule has 7 heteroatoms. The molecule has 0 aliphatic heterocycles. The normalized spacial score (nSPS) is 14.1. The van der Waals surface area contributed by atoms with Crippen molar-refractivity contribution in [2.75, 3.05) is 13.2 Å². The van der Waals surface area contributed by atoms with Crippen molar-refractivity contribution < 1.29 is 23.0 Å². The Hall–Kier alpha value is -1.34. The first-order valence-corrected chi connectivity index (χ1v) is 6.59. The van der Waals surface area contributed by atoms with Gasteiger partial charge in [0.05, 0.1) is 0 Å². The Bertz CT molecular complexity index is 470. The number of nitrogens with one attached hydrogen (secondary N) is 1. The number of aryl methyl sites for hydroxylation is 1. The highest BCUT2D eigenvalue weighted by Gasteiger charge is 2.37. The minimum Gasteiger partial charge on any atom is -0.474 e. The molecule has 4 nitrogen and oxygen atoms in total. The maximum absolute atomic E-state index is 12.9. The number of β-amino-alcohol motifs (C(OH)–C–C–N with tert-alkyl or cyclic N) is 1. The van der Waals surface area contributed by atoms with Gasteiger partial charge in [0.15, 0.2) is 0 Å². The molecule has 1 atom stereocenters. The number of ether oxygens (including phenoxy) is 1. The van der Waals surface area contributed by atoms with Gasteiger partial charge in [-0.2, -0.15) is 13.2 Å². The van der Waals surface area contributed by atoms with Gasteiger partial charge in [0, 0.05) is 18.3 Å². The molecule has 0 fully saturated rings. The summed E-state index contributed by atoms with van der Waals surface area (Å²) in [4.78, 5) is 3.61. The lowest BCUT2D eigenvalue weighted by atomic mass is 10.1. The molecule has 120 valence electrons. The van der Waals surface area contributed by atoms with E-state index in [9.17, 15) is 18.3 Å². The van der Waals surface area contributed by atoms with Crippen LogP contribution in [-0.2, 0) is 6.18 Å². The molecule has 0 aliphatic rings. The Morgan fingerprint density at radius 1 is 1.33 bits per heavy atom. The number of pyridine rings is 1. The van der Waals surface area contributed by atoms with E-state index in [1.807, 2.05) is 20.8 Å². The van der Waals surface area contributed by atoms with Crippen molar-refractivity contribution in [1.82, 2.24) is 10.3 Å². The van der Waals surface area contributed by atoms with Gasteiger partial charge >= 0.3 is 6.18 Å². The van der Waals surface area contributed by atoms with E-state index in [-0.39, 0.29) is 24.3 Å². The average molecular weight is 306 g/mol. The van der Waals surface area contributed by atoms with Crippen LogP contribution in [-0.4, -0.2) is 34.9 Å². The van der Waals surface area contributed by atoms with Gasteiger partial charge in [0.1, 0.15) is 18.3 Å². The Morgan fingerprint density at radius 2 is 1.95 bits per heavy atom. The summed E-state index contributed by atoms with van der Waals surface area (Å²) >= 11 is 0. The number of aliphatic hydroxyl groups excluding tert-OH is 1. The maximum atomic E-state index is 12.9. The number of hydrogen-bond donors (Lipinski definition) is 2. The van der Waals surface area contributed by atoms with Gasteiger partial charge < -0.3 is 15.2 Å². The lowest BCUT2D eigenvalue weighted by Gasteiger charge is -2.23. The molecule has 0 amide bonds. The summed E-state index contributed by atoms with van der Waals surface area (Å²) < 4.78 is 43.9. The molecule has 1 heterocycles. The fraction of sp³-hybridized carbons (Fsp3) is 0.643. The van der Waals surface area contributed by atoms with Crippen LogP contribution in [0.5, 0.6) is 5.88 Å². The highest BCUT2D eigenvalue weighted by Crippen LogP contribution is 2.37. The van der Waals surface area contributed by atoms with E-state index in [0.29, 0.717) is 0 Å². The fourth-order valence-electron chi connectivity index (χ4n) is 1.65. The van der Waals surface area contributed by atoms with Crippen LogP contribution >= 0.6 is 0 Å². The van der Waals surface area contributed by atoms with Gasteiger partial charge in [-0.05, 0) is 39.3 Å². The zero-order valence-electron chi connectivity index (χ0n) is 12.6. The third kappa shape index (κ3) is 5.89. The van der Waals surface area contributed by atoms with Crippen molar-refractivity contribution in [3.05, 3.63) is 23.4 Å². The summed E-state index contributed by atoms with van der Waals surface area (Å²) in [6.07, 6.45) is -4.21. The quantitative estimate of drug-likeness (QED) is 0.878. The van der Waals surface area contributed by atoms with E-state index < -0.39 is 23.7 Å². The first-order chi connectivity index (χ1) is 9.50. The van der Waals surface area contributed by atoms with Crippen molar-refractivity contribution in [1.29, 1.82) is 0 Å². The van der Waals surface area contributed by atoms with Gasteiger partial charge in [-0.3, -0.25) is 0 Å². The molecule has 0 saturated carbocycles. The Morgan fingerprint density at radius 3 is 2.48 bits per heavy atom. The summed E-state index contributed by atoms with van der Waals surface area (Å²) in [5.74, 6) is -0.502. The molecule has 1 aromatic heterocycles. The first-order valence-electron chi connectivity index (χ1n) is 6.59. The second-order valence-electron chi connectivity index (χ2n) is 5.90. The third-order valence-corrected chi connectivity index (χ3v) is 2.69. The predicted molar refractivity (Wildman–Crippen MR) is 73.2 cm³/mol. The van der Waals surface area contributed by atoms with Gasteiger partial charge in [-0.1, -0.05) is 0 Å². The van der Waals surface area contributed by atoms with Crippen LogP contribution in [0.2, 0.25) is 0 Å². The molecule has 0 aliphatic carbocycles. The fourth-order valence-corrected chi connectivity index (χ4v) is 1.65. The number of halogens is 3. The topological polar surface area (TPSA) is 54.4 Å². The van der Waals surface area contributed by atoms with Crippen LogP contribution in [0.15, 0.2) is 12.3 Å². The standard InChI is InChI=1S/C14H21F3N2O2/c1-9-5-6-18-12(11(9)14(15,16)17)21-8-10(20)7-19-13(2,3)4/h5-6,10,19-20H,7-8H2,1-4H3. The third-order valence-electron chi connectivity index (χ3n) is 2.69. The Labute approximate surface area is 122 Å².